The molecule has 1 aliphatic heterocycles. The molecule has 1 saturated heterocycles. The minimum absolute atomic E-state index is 0.0740. The van der Waals surface area contributed by atoms with Gasteiger partial charge in [-0.3, -0.25) is 0 Å². The molecule has 1 aliphatic rings. The Hall–Kier alpha value is -1.82. The van der Waals surface area contributed by atoms with Crippen LogP contribution in [0.4, 0.5) is 4.79 Å². The topological polar surface area (TPSA) is 59.4 Å². The van der Waals surface area contributed by atoms with Crippen LogP contribution in [0.2, 0.25) is 0 Å². The number of aromatic nitrogens is 2. The number of carbonyl (C=O) groups is 1. The fraction of sp³-hybridized carbons (Fsp3) is 0.571. The maximum atomic E-state index is 12.1. The summed E-state index contributed by atoms with van der Waals surface area (Å²) in [6.45, 7) is 11.3. The zero-order valence-corrected chi connectivity index (χ0v) is 12.3. The third-order valence-electron chi connectivity index (χ3n) is 3.04. The highest BCUT2D eigenvalue weighted by Crippen LogP contribution is 2.19. The van der Waals surface area contributed by atoms with Crippen molar-refractivity contribution in [2.75, 3.05) is 19.6 Å². The van der Waals surface area contributed by atoms with E-state index in [1.807, 2.05) is 27.0 Å². The summed E-state index contributed by atoms with van der Waals surface area (Å²) in [5.41, 5.74) is 0.573. The summed E-state index contributed by atoms with van der Waals surface area (Å²) in [4.78, 5) is 13.8. The Morgan fingerprint density at radius 3 is 2.95 bits per heavy atom. The van der Waals surface area contributed by atoms with Gasteiger partial charge in [0.2, 0.25) is 0 Å². The third kappa shape index (κ3) is 3.60. The average molecular weight is 278 g/mol. The van der Waals surface area contributed by atoms with Gasteiger partial charge in [0.25, 0.3) is 0 Å². The smallest absolute Gasteiger partial charge is 0.410 e. The lowest BCUT2D eigenvalue weighted by Crippen LogP contribution is -2.49. The van der Waals surface area contributed by atoms with Crippen LogP contribution in [0.3, 0.4) is 0 Å². The highest BCUT2D eigenvalue weighted by Gasteiger charge is 2.28. The van der Waals surface area contributed by atoms with Crippen molar-refractivity contribution in [1.82, 2.24) is 20.0 Å². The molecule has 1 aromatic rings. The van der Waals surface area contributed by atoms with Gasteiger partial charge < -0.3 is 15.0 Å². The van der Waals surface area contributed by atoms with Gasteiger partial charge in [0, 0.05) is 37.6 Å². The highest BCUT2D eigenvalue weighted by molar-refractivity contribution is 5.68. The quantitative estimate of drug-likeness (QED) is 0.897. The molecule has 1 fully saturated rings. The highest BCUT2D eigenvalue weighted by atomic mass is 16.6. The van der Waals surface area contributed by atoms with Gasteiger partial charge in [-0.05, 0) is 20.8 Å². The molecule has 0 spiro atoms. The molecule has 0 aromatic carbocycles. The summed E-state index contributed by atoms with van der Waals surface area (Å²) in [5, 5.41) is 7.55. The first-order chi connectivity index (χ1) is 9.39. The van der Waals surface area contributed by atoms with Gasteiger partial charge >= 0.3 is 6.09 Å². The van der Waals surface area contributed by atoms with E-state index in [2.05, 4.69) is 17.0 Å². The number of carbonyl (C=O) groups excluding carboxylic acids is 1. The molecule has 1 aromatic heterocycles. The Kier molecular flexibility index (Phi) is 4.13. The Morgan fingerprint density at radius 1 is 1.60 bits per heavy atom. The zero-order valence-electron chi connectivity index (χ0n) is 12.3. The molecule has 2 heterocycles. The monoisotopic (exact) mass is 278 g/mol. The van der Waals surface area contributed by atoms with E-state index in [-0.39, 0.29) is 12.1 Å². The molecule has 1 N–H and O–H groups in total. The van der Waals surface area contributed by atoms with Crippen LogP contribution in [0.15, 0.2) is 19.0 Å². The Bertz CT molecular complexity index is 490. The normalized spacial score (nSPS) is 19.8. The molecule has 20 heavy (non-hydrogen) atoms. The van der Waals surface area contributed by atoms with Crippen LogP contribution in [-0.4, -0.2) is 46.0 Å². The van der Waals surface area contributed by atoms with Crippen LogP contribution in [0, 0.1) is 0 Å². The molecule has 2 rings (SSSR count). The van der Waals surface area contributed by atoms with E-state index in [1.165, 1.54) is 0 Å². The molecular formula is C14H22N4O2. The lowest BCUT2D eigenvalue weighted by molar-refractivity contribution is 0.0195. The number of piperazine rings is 1. The first kappa shape index (κ1) is 14.6. The maximum Gasteiger partial charge on any atom is 0.410 e. The fourth-order valence-corrected chi connectivity index (χ4v) is 2.10. The van der Waals surface area contributed by atoms with Crippen molar-refractivity contribution in [3.05, 3.63) is 24.5 Å². The zero-order chi connectivity index (χ0) is 14.8. The molecular weight excluding hydrogens is 256 g/mol. The van der Waals surface area contributed by atoms with E-state index in [9.17, 15) is 4.79 Å². The summed E-state index contributed by atoms with van der Waals surface area (Å²) in [6, 6.07) is 0.0740. The average Bonchev–Trinajstić information content (AvgIpc) is 2.85. The number of nitrogens with zero attached hydrogens (tertiary/aromatic N) is 3. The first-order valence-electron chi connectivity index (χ1n) is 6.77. The molecule has 1 atom stereocenters. The van der Waals surface area contributed by atoms with Gasteiger partial charge in [0.05, 0.1) is 12.2 Å². The standard InChI is InChI=1S/C14H22N4O2/c1-5-18-9-11(8-16-18)12-10-17(7-6-15-12)13(19)20-14(2,3)4/h5,8-9,12,15H,1,6-7,10H2,2-4H3. The third-order valence-corrected chi connectivity index (χ3v) is 3.04. The Labute approximate surface area is 119 Å². The van der Waals surface area contributed by atoms with Crippen LogP contribution in [0.25, 0.3) is 6.20 Å². The largest absolute Gasteiger partial charge is 0.444 e. The van der Waals surface area contributed by atoms with E-state index in [4.69, 9.17) is 4.74 Å². The Morgan fingerprint density at radius 2 is 2.35 bits per heavy atom. The molecule has 110 valence electrons. The van der Waals surface area contributed by atoms with Crippen molar-refractivity contribution >= 4 is 12.3 Å². The molecule has 6 nitrogen and oxygen atoms in total. The second-order valence-electron chi connectivity index (χ2n) is 5.87. The number of amides is 1. The number of nitrogens with one attached hydrogen (secondary N) is 1. The number of ether oxygens (including phenoxy) is 1. The fourth-order valence-electron chi connectivity index (χ4n) is 2.10. The summed E-state index contributed by atoms with van der Waals surface area (Å²) >= 11 is 0. The minimum atomic E-state index is -0.467. The SMILES string of the molecule is C=Cn1cc(C2CN(C(=O)OC(C)(C)C)CCN2)cn1. The van der Waals surface area contributed by atoms with Gasteiger partial charge in [-0.2, -0.15) is 5.10 Å². The second kappa shape index (κ2) is 5.66. The van der Waals surface area contributed by atoms with E-state index < -0.39 is 5.60 Å². The van der Waals surface area contributed by atoms with Gasteiger partial charge in [-0.1, -0.05) is 6.58 Å². The minimum Gasteiger partial charge on any atom is -0.444 e. The van der Waals surface area contributed by atoms with E-state index in [1.54, 1.807) is 22.0 Å². The van der Waals surface area contributed by atoms with E-state index in [0.717, 1.165) is 12.1 Å². The van der Waals surface area contributed by atoms with Crippen LogP contribution < -0.4 is 5.32 Å². The van der Waals surface area contributed by atoms with Crippen molar-refractivity contribution in [3.8, 4) is 0 Å². The van der Waals surface area contributed by atoms with Crippen molar-refractivity contribution in [2.24, 2.45) is 0 Å². The number of hydrogen-bond acceptors (Lipinski definition) is 4. The van der Waals surface area contributed by atoms with E-state index in [0.29, 0.717) is 13.1 Å². The van der Waals surface area contributed by atoms with Crippen LogP contribution in [0.1, 0.15) is 32.4 Å². The van der Waals surface area contributed by atoms with Crippen molar-refractivity contribution in [3.63, 3.8) is 0 Å². The van der Waals surface area contributed by atoms with Crippen molar-refractivity contribution < 1.29 is 9.53 Å². The summed E-state index contributed by atoms with van der Waals surface area (Å²) in [6.07, 6.45) is 5.07. The summed E-state index contributed by atoms with van der Waals surface area (Å²) < 4.78 is 7.07. The summed E-state index contributed by atoms with van der Waals surface area (Å²) in [5.74, 6) is 0. The molecule has 0 radical (unpaired) electrons. The Balaban J connectivity index is 2.01. The predicted octanol–water partition coefficient (Wildman–Crippen LogP) is 1.86. The lowest BCUT2D eigenvalue weighted by Gasteiger charge is -2.34. The van der Waals surface area contributed by atoms with Crippen LogP contribution >= 0.6 is 0 Å². The molecule has 1 amide bonds. The summed E-state index contributed by atoms with van der Waals surface area (Å²) in [7, 11) is 0. The van der Waals surface area contributed by atoms with Gasteiger partial charge in [0.15, 0.2) is 0 Å². The number of rotatable bonds is 2. The van der Waals surface area contributed by atoms with Crippen LogP contribution in [-0.2, 0) is 4.74 Å². The van der Waals surface area contributed by atoms with E-state index >= 15 is 0 Å². The second-order valence-corrected chi connectivity index (χ2v) is 5.87. The number of hydrogen-bond donors (Lipinski definition) is 1. The van der Waals surface area contributed by atoms with Crippen LogP contribution in [0.5, 0.6) is 0 Å². The molecule has 0 aliphatic carbocycles. The van der Waals surface area contributed by atoms with Gasteiger partial charge in [0.1, 0.15) is 5.60 Å². The molecule has 1 unspecified atom stereocenters. The maximum absolute atomic E-state index is 12.1. The molecule has 0 saturated carbocycles. The lowest BCUT2D eigenvalue weighted by atomic mass is 10.1. The van der Waals surface area contributed by atoms with Gasteiger partial charge in [-0.25, -0.2) is 9.48 Å². The van der Waals surface area contributed by atoms with Gasteiger partial charge in [-0.15, -0.1) is 0 Å². The predicted molar refractivity (Wildman–Crippen MR) is 77.2 cm³/mol. The van der Waals surface area contributed by atoms with Crippen molar-refractivity contribution in [2.45, 2.75) is 32.4 Å². The first-order valence-corrected chi connectivity index (χ1v) is 6.77. The molecule has 6 heteroatoms. The van der Waals surface area contributed by atoms with Crippen molar-refractivity contribution in [1.29, 1.82) is 0 Å². The molecule has 0 bridgehead atoms.